The Morgan fingerprint density at radius 1 is 0.560 bits per heavy atom. The van der Waals surface area contributed by atoms with E-state index >= 15 is 4.79 Å². The molecule has 5 aromatic carbocycles. The molecule has 9 aliphatic rings. The number of ketones is 1. The van der Waals surface area contributed by atoms with E-state index in [9.17, 15) is 4.79 Å². The molecular weight excluding hydrogens is 1390 g/mol. The van der Waals surface area contributed by atoms with Crippen molar-refractivity contribution in [2.75, 3.05) is 13.2 Å². The predicted molar refractivity (Wildman–Crippen MR) is 418 cm³/mol. The summed E-state index contributed by atoms with van der Waals surface area (Å²) < 4.78 is 101. The Morgan fingerprint density at radius 2 is 1.09 bits per heavy atom. The molecule has 0 radical (unpaired) electrons. The highest BCUT2D eigenvalue weighted by atomic mass is 28.4. The van der Waals surface area contributed by atoms with E-state index in [0.717, 1.165) is 84.5 Å². The van der Waals surface area contributed by atoms with Crippen LogP contribution in [-0.2, 0) is 109 Å². The van der Waals surface area contributed by atoms with Crippen LogP contribution in [-0.4, -0.2) is 131 Å². The third-order valence-electron chi connectivity index (χ3n) is 28.1. The molecule has 8 fully saturated rings. The standard InChI is InChI=1S/C91H123NO16Si/c1-14-109(15-2,16-3)108-72-51-90(13)65(42-43-70-88(11)46-45-71(93)86(7,8)69(88)44-47-89(70,90)12)66-50-85(5,6)48-49-91(66,72)84(94)105-82-79(76(98-55-63-38-28-20-29-39-63)73(92)67(102-82)57-95-52-60-32-22-17-23-33-60)104-83-80-77(106-87(9,10)107-80)74(59(4)101-83)103-81-78(99-56-64-40-30-21-31-41-64)75(97-54-62-36-26-19-27-37-62)68(58-100-81)96-53-61-34-24-18-25-35-61/h17-42,59,66-70,72-83H,14-16,43-58,92H2,1-13H3/t59-,66-,67+,68+,69-,70+,72+,73-,74-,75-,76-,77+,78+,79+,80+,81-,82-,83-,88-,89+,90+,91+/m0/s1. The van der Waals surface area contributed by atoms with E-state index < -0.39 is 117 Å². The second-order valence-electron chi connectivity index (χ2n) is 35.8. The summed E-state index contributed by atoms with van der Waals surface area (Å²) in [5.74, 6) is -0.787. The zero-order chi connectivity index (χ0) is 76.7. The molecule has 14 rings (SSSR count). The molecule has 0 unspecified atom stereocenters. The van der Waals surface area contributed by atoms with Crippen molar-refractivity contribution in [1.29, 1.82) is 0 Å². The van der Waals surface area contributed by atoms with E-state index in [1.807, 2.05) is 172 Å². The zero-order valence-corrected chi connectivity index (χ0v) is 67.9. The van der Waals surface area contributed by atoms with Crippen LogP contribution in [0.3, 0.4) is 0 Å². The van der Waals surface area contributed by atoms with Gasteiger partial charge in [-0.2, -0.15) is 0 Å². The van der Waals surface area contributed by atoms with Crippen molar-refractivity contribution in [3.05, 3.63) is 191 Å². The van der Waals surface area contributed by atoms with Gasteiger partial charge >= 0.3 is 5.97 Å². The monoisotopic (exact) mass is 1510 g/mol. The van der Waals surface area contributed by atoms with Gasteiger partial charge in [0.15, 0.2) is 32.8 Å². The van der Waals surface area contributed by atoms with Crippen molar-refractivity contribution >= 4 is 20.1 Å². The number of Topliss-reactive ketones (excluding diaryl/α,β-unsaturated/α-hetero) is 1. The van der Waals surface area contributed by atoms with E-state index in [2.05, 4.69) is 75.3 Å². The van der Waals surface area contributed by atoms with Crippen molar-refractivity contribution in [2.24, 2.45) is 56.0 Å². The Balaban J connectivity index is 0.825. The summed E-state index contributed by atoms with van der Waals surface area (Å²) in [6.45, 7) is 30.8. The maximum Gasteiger partial charge on any atom is 0.317 e. The number of rotatable bonds is 27. The van der Waals surface area contributed by atoms with Gasteiger partial charge in [-0.3, -0.25) is 9.59 Å². The summed E-state index contributed by atoms with van der Waals surface area (Å²) in [6, 6.07) is 52.0. The lowest BCUT2D eigenvalue weighted by Gasteiger charge is -2.71. The lowest BCUT2D eigenvalue weighted by Crippen LogP contribution is -2.70. The number of hydrogen-bond acceptors (Lipinski definition) is 17. The third kappa shape index (κ3) is 16.0. The Bertz CT molecular complexity index is 3860. The maximum absolute atomic E-state index is 17.4. The van der Waals surface area contributed by atoms with E-state index in [-0.39, 0.29) is 79.1 Å². The Labute approximate surface area is 649 Å². The van der Waals surface area contributed by atoms with Crippen LogP contribution in [0.1, 0.15) is 176 Å². The molecule has 5 aliphatic carbocycles. The third-order valence-corrected chi connectivity index (χ3v) is 32.8. The van der Waals surface area contributed by atoms with Gasteiger partial charge in [0.05, 0.1) is 69.9 Å². The van der Waals surface area contributed by atoms with Crippen LogP contribution in [0.4, 0.5) is 0 Å². The van der Waals surface area contributed by atoms with Crippen LogP contribution in [0.25, 0.3) is 0 Å². The van der Waals surface area contributed by atoms with Crippen LogP contribution < -0.4 is 5.73 Å². The molecule has 5 aromatic rings. The summed E-state index contributed by atoms with van der Waals surface area (Å²) in [6.07, 6.45) is -2.92. The van der Waals surface area contributed by atoms with Gasteiger partial charge in [-0.15, -0.1) is 0 Å². The minimum absolute atomic E-state index is 0.0482. The Hall–Kier alpha value is -5.36. The van der Waals surface area contributed by atoms with Crippen LogP contribution >= 0.6 is 0 Å². The summed E-state index contributed by atoms with van der Waals surface area (Å²) in [5, 5.41) is 0. The molecule has 109 heavy (non-hydrogen) atoms. The van der Waals surface area contributed by atoms with Gasteiger partial charge in [0, 0.05) is 11.8 Å². The van der Waals surface area contributed by atoms with Gasteiger partial charge in [0.2, 0.25) is 6.29 Å². The van der Waals surface area contributed by atoms with Gasteiger partial charge in [0.1, 0.15) is 54.6 Å². The number of hydrogen-bond donors (Lipinski definition) is 1. The molecular formula is C91H123NO16Si. The molecule has 4 aliphatic heterocycles. The summed E-state index contributed by atoms with van der Waals surface area (Å²) in [7, 11) is -2.51. The first kappa shape index (κ1) is 80.3. The number of carbonyl (C=O) groups is 2. The normalized spacial score (nSPS) is 37.3. The fourth-order valence-electron chi connectivity index (χ4n) is 21.5. The van der Waals surface area contributed by atoms with Crippen molar-refractivity contribution in [3.8, 4) is 0 Å². The number of benzene rings is 5. The highest BCUT2D eigenvalue weighted by molar-refractivity contribution is 6.73. The average Bonchev–Trinajstić information content (AvgIpc) is 0.974. The summed E-state index contributed by atoms with van der Waals surface area (Å²) in [5.41, 5.74) is 11.6. The van der Waals surface area contributed by atoms with Gasteiger partial charge in [-0.25, -0.2) is 0 Å². The number of ether oxygens (including phenoxy) is 13. The minimum Gasteiger partial charge on any atom is -0.432 e. The first-order valence-corrected chi connectivity index (χ1v) is 43.5. The van der Waals surface area contributed by atoms with Crippen molar-refractivity contribution in [2.45, 2.75) is 297 Å². The van der Waals surface area contributed by atoms with Crippen molar-refractivity contribution in [3.63, 3.8) is 0 Å². The zero-order valence-electron chi connectivity index (χ0n) is 66.9. The van der Waals surface area contributed by atoms with Crippen LogP contribution in [0, 0.1) is 50.2 Å². The number of carbonyl (C=O) groups excluding carboxylic acids is 2. The molecule has 0 amide bonds. The average molecular weight is 1520 g/mol. The topological polar surface area (TPSA) is 189 Å². The molecule has 0 bridgehead atoms. The molecule has 4 heterocycles. The van der Waals surface area contributed by atoms with Crippen LogP contribution in [0.2, 0.25) is 18.1 Å². The highest BCUT2D eigenvalue weighted by Gasteiger charge is 2.73. The quantitative estimate of drug-likeness (QED) is 0.0296. The van der Waals surface area contributed by atoms with Crippen LogP contribution in [0.15, 0.2) is 163 Å². The molecule has 18 heteroatoms. The number of fused-ring (bicyclic) bond motifs is 8. The lowest BCUT2D eigenvalue weighted by molar-refractivity contribution is -0.365. The Morgan fingerprint density at radius 3 is 1.67 bits per heavy atom. The molecule has 4 saturated heterocycles. The van der Waals surface area contributed by atoms with E-state index in [0.29, 0.717) is 37.6 Å². The Kier molecular flexibility index (Phi) is 24.2. The minimum atomic E-state index is -2.51. The van der Waals surface area contributed by atoms with Crippen molar-refractivity contribution < 1.29 is 75.6 Å². The number of esters is 1. The van der Waals surface area contributed by atoms with Crippen LogP contribution in [0.5, 0.6) is 0 Å². The van der Waals surface area contributed by atoms with Gasteiger partial charge < -0.3 is 71.7 Å². The van der Waals surface area contributed by atoms with Gasteiger partial charge in [-0.1, -0.05) is 233 Å². The first-order chi connectivity index (χ1) is 52.3. The smallest absolute Gasteiger partial charge is 0.317 e. The SMILES string of the molecule is CC[Si](CC)(CC)O[C@@H]1C[C@]2(C)C(=CC[C@@H]3[C@@]4(C)CCC(=O)C(C)(C)[C@@H]4CC[C@]32C)[C@@H]2CC(C)(C)CC[C@]12C(=O)O[C@@H]1O[C@H](COCc2ccccc2)[C@H](N)[C@H](OCc2ccccc2)[C@H]1O[C@@H]1O[C@@H](C)[C@H](O[C@@H]2OC[C@@H](OCc3ccccc3)[C@H](OCc3ccccc3)[C@H]2OCc2ccccc2)[C@H]2OC(C)(C)O[C@@H]12. The van der Waals surface area contributed by atoms with E-state index in [1.165, 1.54) is 5.57 Å². The molecule has 2 N–H and O–H groups in total. The van der Waals surface area contributed by atoms with Crippen molar-refractivity contribution in [1.82, 2.24) is 0 Å². The molecule has 17 nitrogen and oxygen atoms in total. The van der Waals surface area contributed by atoms with E-state index in [1.54, 1.807) is 0 Å². The summed E-state index contributed by atoms with van der Waals surface area (Å²) >= 11 is 0. The van der Waals surface area contributed by atoms with E-state index in [4.69, 9.17) is 71.7 Å². The molecule has 0 aromatic heterocycles. The summed E-state index contributed by atoms with van der Waals surface area (Å²) in [4.78, 5) is 31.3. The maximum atomic E-state index is 17.4. The fourth-order valence-corrected chi connectivity index (χ4v) is 24.4. The molecule has 4 saturated carbocycles. The largest absolute Gasteiger partial charge is 0.432 e. The highest BCUT2D eigenvalue weighted by Crippen LogP contribution is 2.76. The molecule has 592 valence electrons. The van der Waals surface area contributed by atoms with Gasteiger partial charge in [0.25, 0.3) is 0 Å². The van der Waals surface area contributed by atoms with Gasteiger partial charge in [-0.05, 0) is 158 Å². The fraction of sp³-hybridized carbons (Fsp3) is 0.626. The lowest BCUT2D eigenvalue weighted by atomic mass is 9.33. The molecule has 22 atom stereocenters. The predicted octanol–water partition coefficient (Wildman–Crippen LogP) is 16.9. The first-order valence-electron chi connectivity index (χ1n) is 41.0. The molecule has 0 spiro atoms. The second kappa shape index (κ2) is 32.9. The number of nitrogens with two attached hydrogens (primary N) is 1. The second-order valence-corrected chi connectivity index (χ2v) is 40.5. The number of allylic oxidation sites excluding steroid dienone is 2.